The van der Waals surface area contributed by atoms with Crippen LogP contribution in [0.2, 0.25) is 0 Å². The van der Waals surface area contributed by atoms with E-state index in [0.29, 0.717) is 0 Å². The molecule has 0 saturated carbocycles. The summed E-state index contributed by atoms with van der Waals surface area (Å²) >= 11 is 0. The number of fused-ring (bicyclic) bond motifs is 6. The molecule has 3 aliphatic carbocycles. The molecule has 0 radical (unpaired) electrons. The Hall–Kier alpha value is -6.90. The molecular weight excluding hydrogens is 715 g/mol. The molecule has 1 heterocycles. The van der Waals surface area contributed by atoms with E-state index in [1.807, 2.05) is 6.07 Å². The quantitative estimate of drug-likeness (QED) is 0.161. The lowest BCUT2D eigenvalue weighted by Crippen LogP contribution is -2.40. The second-order valence-corrected chi connectivity index (χ2v) is 16.7. The van der Waals surface area contributed by atoms with Crippen LogP contribution in [-0.2, 0) is 10.8 Å². The van der Waals surface area contributed by atoms with E-state index in [2.05, 4.69) is 225 Å². The van der Waals surface area contributed by atoms with E-state index in [-0.39, 0.29) is 22.7 Å². The van der Waals surface area contributed by atoms with Crippen LogP contribution in [0.4, 0.5) is 11.4 Å². The zero-order valence-corrected chi connectivity index (χ0v) is 33.4. The molecule has 7 aromatic carbocycles. The predicted octanol–water partition coefficient (Wildman–Crippen LogP) is 14.7. The predicted molar refractivity (Wildman–Crippen MR) is 246 cm³/mol. The molecule has 59 heavy (non-hydrogen) atoms. The van der Waals surface area contributed by atoms with Gasteiger partial charge in [0.1, 0.15) is 11.2 Å². The van der Waals surface area contributed by atoms with Crippen LogP contribution in [0, 0.1) is 11.8 Å². The number of para-hydroxylation sites is 2. The highest BCUT2D eigenvalue weighted by atomic mass is 16.3. The van der Waals surface area contributed by atoms with Crippen LogP contribution in [0.1, 0.15) is 48.1 Å². The minimum Gasteiger partial charge on any atom is -0.455 e. The van der Waals surface area contributed by atoms with Crippen molar-refractivity contribution in [2.75, 3.05) is 4.90 Å². The average molecular weight is 760 g/mol. The van der Waals surface area contributed by atoms with Gasteiger partial charge < -0.3 is 9.32 Å². The third-order valence-electron chi connectivity index (χ3n) is 13.4. The molecule has 0 aliphatic heterocycles. The van der Waals surface area contributed by atoms with Gasteiger partial charge in [0.05, 0.1) is 5.41 Å². The summed E-state index contributed by atoms with van der Waals surface area (Å²) in [7, 11) is 0. The smallest absolute Gasteiger partial charge is 0.143 e. The molecule has 1 aromatic heterocycles. The molecule has 4 unspecified atom stereocenters. The van der Waals surface area contributed by atoms with Gasteiger partial charge in [-0.25, -0.2) is 0 Å². The van der Waals surface area contributed by atoms with Gasteiger partial charge in [0.25, 0.3) is 0 Å². The second kappa shape index (κ2) is 13.9. The van der Waals surface area contributed by atoms with Crippen molar-refractivity contribution >= 4 is 38.9 Å². The first kappa shape index (κ1) is 35.3. The third kappa shape index (κ3) is 5.47. The number of anilines is 2. The van der Waals surface area contributed by atoms with Crippen molar-refractivity contribution in [3.05, 3.63) is 246 Å². The topological polar surface area (TPSA) is 16.4 Å². The first-order valence-corrected chi connectivity index (χ1v) is 20.9. The lowest BCUT2D eigenvalue weighted by molar-refractivity contribution is 0.366. The van der Waals surface area contributed by atoms with Crippen LogP contribution in [0.3, 0.4) is 0 Å². The summed E-state index contributed by atoms with van der Waals surface area (Å²) in [6, 6.07) is 64.5. The van der Waals surface area contributed by atoms with Gasteiger partial charge in [0.2, 0.25) is 0 Å². The van der Waals surface area contributed by atoms with Crippen molar-refractivity contribution in [3.8, 4) is 11.1 Å². The molecule has 0 amide bonds. The Labute approximate surface area is 346 Å². The molecule has 11 rings (SSSR count). The molecule has 2 heteroatoms. The van der Waals surface area contributed by atoms with E-state index in [1.54, 1.807) is 0 Å². The molecule has 0 bridgehead atoms. The molecule has 0 N–H and O–H groups in total. The number of hydrogen-bond donors (Lipinski definition) is 0. The largest absolute Gasteiger partial charge is 0.455 e. The molecule has 4 atom stereocenters. The Balaban J connectivity index is 1.05. The minimum atomic E-state index is -0.360. The van der Waals surface area contributed by atoms with Crippen molar-refractivity contribution in [1.29, 1.82) is 0 Å². The van der Waals surface area contributed by atoms with Gasteiger partial charge in [0.15, 0.2) is 0 Å². The third-order valence-corrected chi connectivity index (χ3v) is 13.4. The Morgan fingerprint density at radius 2 is 1.20 bits per heavy atom. The highest BCUT2D eigenvalue weighted by Crippen LogP contribution is 2.62. The SMILES string of the molecule is CC1CC(c2ccccc2)=CC=C1N(c1ccc(-c2cccc3c2oc2ccccc23)cc1)c1ccc(C2(c3ccccc3)c3ccccc3C3(C)C=CC=CC32)cc1. The van der Waals surface area contributed by atoms with E-state index in [4.69, 9.17) is 4.42 Å². The van der Waals surface area contributed by atoms with Gasteiger partial charge in [0, 0.05) is 50.7 Å². The van der Waals surface area contributed by atoms with Gasteiger partial charge >= 0.3 is 0 Å². The standard InChI is InChI=1S/C57H45NO/c1-39-38-42(40-16-5-3-6-17-40)29-36-52(39)58(45-32-27-41(28-33-45)47-21-15-22-49-48-20-9-12-25-53(48)59-55(47)49)46-34-30-44(31-35-46)57(43-18-7-4-8-19-43)51-24-11-10-23-50(51)56(2)37-14-13-26-54(56)57/h3-37,39,54H,38H2,1-2H3. The zero-order valence-electron chi connectivity index (χ0n) is 33.4. The molecule has 3 aliphatic rings. The Kier molecular flexibility index (Phi) is 8.30. The highest BCUT2D eigenvalue weighted by Gasteiger charge is 2.58. The lowest BCUT2D eigenvalue weighted by atomic mass is 9.60. The minimum absolute atomic E-state index is 0.133. The van der Waals surface area contributed by atoms with Crippen molar-refractivity contribution in [3.63, 3.8) is 0 Å². The first-order valence-electron chi connectivity index (χ1n) is 20.9. The maximum absolute atomic E-state index is 6.46. The average Bonchev–Trinajstić information content (AvgIpc) is 3.79. The van der Waals surface area contributed by atoms with E-state index in [1.165, 1.54) is 39.1 Å². The summed E-state index contributed by atoms with van der Waals surface area (Å²) in [6.45, 7) is 4.78. The van der Waals surface area contributed by atoms with Crippen molar-refractivity contribution in [2.45, 2.75) is 31.1 Å². The molecule has 0 spiro atoms. The molecule has 284 valence electrons. The Bertz CT molecular complexity index is 2980. The monoisotopic (exact) mass is 759 g/mol. The number of hydrogen-bond acceptors (Lipinski definition) is 2. The fourth-order valence-electron chi connectivity index (χ4n) is 10.7. The number of furan rings is 1. The summed E-state index contributed by atoms with van der Waals surface area (Å²) < 4.78 is 6.46. The van der Waals surface area contributed by atoms with Crippen molar-refractivity contribution in [1.82, 2.24) is 0 Å². The Morgan fingerprint density at radius 3 is 1.97 bits per heavy atom. The number of nitrogens with zero attached hydrogens (tertiary/aromatic N) is 1. The summed E-state index contributed by atoms with van der Waals surface area (Å²) in [4.78, 5) is 2.48. The number of rotatable bonds is 7. The summed E-state index contributed by atoms with van der Waals surface area (Å²) in [5.74, 6) is 0.504. The van der Waals surface area contributed by atoms with Crippen LogP contribution in [0.15, 0.2) is 222 Å². The first-order chi connectivity index (χ1) is 29.0. The normalized spacial score (nSPS) is 21.9. The van der Waals surface area contributed by atoms with Crippen molar-refractivity contribution in [2.24, 2.45) is 11.8 Å². The van der Waals surface area contributed by atoms with Crippen LogP contribution in [-0.4, -0.2) is 0 Å². The highest BCUT2D eigenvalue weighted by molar-refractivity contribution is 6.09. The summed E-state index contributed by atoms with van der Waals surface area (Å²) in [5.41, 5.74) is 15.2. The van der Waals surface area contributed by atoms with Crippen LogP contribution >= 0.6 is 0 Å². The lowest BCUT2D eigenvalue weighted by Gasteiger charge is -2.42. The zero-order chi connectivity index (χ0) is 39.6. The maximum Gasteiger partial charge on any atom is 0.143 e. The Morgan fingerprint density at radius 1 is 0.559 bits per heavy atom. The van der Waals surface area contributed by atoms with E-state index in [9.17, 15) is 0 Å². The van der Waals surface area contributed by atoms with E-state index in [0.717, 1.165) is 50.9 Å². The van der Waals surface area contributed by atoms with Crippen LogP contribution in [0.5, 0.6) is 0 Å². The van der Waals surface area contributed by atoms with Gasteiger partial charge in [-0.15, -0.1) is 0 Å². The van der Waals surface area contributed by atoms with Gasteiger partial charge in [-0.2, -0.15) is 0 Å². The van der Waals surface area contributed by atoms with E-state index >= 15 is 0 Å². The number of benzene rings is 7. The van der Waals surface area contributed by atoms with Gasteiger partial charge in [-0.05, 0) is 81.8 Å². The second-order valence-electron chi connectivity index (χ2n) is 16.7. The maximum atomic E-state index is 6.46. The van der Waals surface area contributed by atoms with Crippen LogP contribution < -0.4 is 4.90 Å². The summed E-state index contributed by atoms with van der Waals surface area (Å²) in [6.07, 6.45) is 15.0. The fourth-order valence-corrected chi connectivity index (χ4v) is 10.7. The van der Waals surface area contributed by atoms with Crippen molar-refractivity contribution < 1.29 is 4.42 Å². The van der Waals surface area contributed by atoms with Gasteiger partial charge in [-0.1, -0.05) is 190 Å². The van der Waals surface area contributed by atoms with Crippen LogP contribution in [0.25, 0.3) is 38.6 Å². The molecule has 0 fully saturated rings. The molecule has 8 aromatic rings. The van der Waals surface area contributed by atoms with E-state index < -0.39 is 0 Å². The number of allylic oxidation sites excluding steroid dienone is 8. The molecule has 2 nitrogen and oxygen atoms in total. The fraction of sp³-hybridized carbons (Fsp3) is 0.123. The molecular formula is C57H45NO. The summed E-state index contributed by atoms with van der Waals surface area (Å²) in [5, 5.41) is 2.29. The molecule has 0 saturated heterocycles. The van der Waals surface area contributed by atoms with Gasteiger partial charge in [-0.3, -0.25) is 0 Å².